The molecule has 3 heteroatoms. The van der Waals surface area contributed by atoms with Crippen molar-refractivity contribution in [2.45, 2.75) is 13.3 Å². The molecule has 0 amide bonds. The molecule has 1 heterocycles. The van der Waals surface area contributed by atoms with E-state index in [-0.39, 0.29) is 0 Å². The molecule has 0 aliphatic carbocycles. The molecule has 1 N–H and O–H groups in total. The zero-order valence-corrected chi connectivity index (χ0v) is 9.25. The summed E-state index contributed by atoms with van der Waals surface area (Å²) in [5.41, 5.74) is 1.26. The van der Waals surface area contributed by atoms with E-state index in [0.717, 1.165) is 25.3 Å². The zero-order chi connectivity index (χ0) is 10.4. The fraction of sp³-hybridized carbons (Fsp3) is 0.545. The number of hydrogen-bond acceptors (Lipinski definition) is 3. The third kappa shape index (κ3) is 3.34. The first kappa shape index (κ1) is 11.0. The van der Waals surface area contributed by atoms with Crippen LogP contribution in [0.5, 0.6) is 0 Å². The summed E-state index contributed by atoms with van der Waals surface area (Å²) >= 11 is 0. The summed E-state index contributed by atoms with van der Waals surface area (Å²) in [6.07, 6.45) is 3.00. The number of aromatic nitrogens is 1. The second kappa shape index (κ2) is 5.60. The Kier molecular flexibility index (Phi) is 4.40. The van der Waals surface area contributed by atoms with E-state index >= 15 is 0 Å². The molecule has 0 spiro atoms. The van der Waals surface area contributed by atoms with Crippen molar-refractivity contribution in [2.75, 3.05) is 32.1 Å². The smallest absolute Gasteiger partial charge is 0.128 e. The predicted molar refractivity (Wildman–Crippen MR) is 60.8 cm³/mol. The van der Waals surface area contributed by atoms with Crippen LogP contribution in [0.3, 0.4) is 0 Å². The Bertz CT molecular complexity index is 273. The Hall–Kier alpha value is -1.09. The average Bonchev–Trinajstić information content (AvgIpc) is 2.18. The lowest BCUT2D eigenvalue weighted by atomic mass is 10.3. The van der Waals surface area contributed by atoms with Crippen molar-refractivity contribution in [2.24, 2.45) is 0 Å². The molecule has 0 saturated heterocycles. The minimum atomic E-state index is 1.04. The van der Waals surface area contributed by atoms with E-state index in [1.54, 1.807) is 0 Å². The van der Waals surface area contributed by atoms with Crippen molar-refractivity contribution in [1.82, 2.24) is 10.3 Å². The Morgan fingerprint density at radius 1 is 1.50 bits per heavy atom. The van der Waals surface area contributed by atoms with Gasteiger partial charge in [-0.2, -0.15) is 0 Å². The molecule has 14 heavy (non-hydrogen) atoms. The molecule has 0 unspecified atom stereocenters. The molecule has 1 aromatic heterocycles. The summed E-state index contributed by atoms with van der Waals surface area (Å²) in [5.74, 6) is 1.06. The molecule has 0 bridgehead atoms. The van der Waals surface area contributed by atoms with Gasteiger partial charge in [0.2, 0.25) is 0 Å². The first-order valence-corrected chi connectivity index (χ1v) is 5.02. The topological polar surface area (TPSA) is 28.2 Å². The van der Waals surface area contributed by atoms with Gasteiger partial charge in [-0.25, -0.2) is 4.98 Å². The van der Waals surface area contributed by atoms with Gasteiger partial charge in [0.05, 0.1) is 0 Å². The van der Waals surface area contributed by atoms with Crippen LogP contribution in [0.1, 0.15) is 12.0 Å². The zero-order valence-electron chi connectivity index (χ0n) is 9.25. The van der Waals surface area contributed by atoms with Crippen LogP contribution in [0.15, 0.2) is 18.3 Å². The number of pyridine rings is 1. The van der Waals surface area contributed by atoms with Crippen molar-refractivity contribution in [3.63, 3.8) is 0 Å². The molecule has 0 aromatic carbocycles. The number of nitrogens with one attached hydrogen (secondary N) is 1. The van der Waals surface area contributed by atoms with Gasteiger partial charge in [-0.05, 0) is 44.6 Å². The van der Waals surface area contributed by atoms with E-state index in [1.165, 1.54) is 5.56 Å². The van der Waals surface area contributed by atoms with Gasteiger partial charge in [-0.15, -0.1) is 0 Å². The standard InChI is InChI=1S/C11H19N3/c1-10-5-7-13-11(9-10)14(3)8-4-6-12-2/h5,7,9,12H,4,6,8H2,1-3H3. The van der Waals surface area contributed by atoms with Crippen molar-refractivity contribution in [3.05, 3.63) is 23.9 Å². The number of anilines is 1. The first-order chi connectivity index (χ1) is 6.74. The minimum Gasteiger partial charge on any atom is -0.360 e. The fourth-order valence-corrected chi connectivity index (χ4v) is 1.34. The fourth-order valence-electron chi connectivity index (χ4n) is 1.34. The maximum absolute atomic E-state index is 4.32. The quantitative estimate of drug-likeness (QED) is 0.717. The van der Waals surface area contributed by atoms with E-state index in [0.29, 0.717) is 0 Å². The van der Waals surface area contributed by atoms with Crippen molar-refractivity contribution in [1.29, 1.82) is 0 Å². The van der Waals surface area contributed by atoms with Crippen LogP contribution in [-0.2, 0) is 0 Å². The van der Waals surface area contributed by atoms with Gasteiger partial charge in [0.1, 0.15) is 5.82 Å². The van der Waals surface area contributed by atoms with E-state index < -0.39 is 0 Å². The van der Waals surface area contributed by atoms with Crippen LogP contribution in [0, 0.1) is 6.92 Å². The monoisotopic (exact) mass is 193 g/mol. The summed E-state index contributed by atoms with van der Waals surface area (Å²) in [6, 6.07) is 4.13. The summed E-state index contributed by atoms with van der Waals surface area (Å²) in [7, 11) is 4.06. The first-order valence-electron chi connectivity index (χ1n) is 5.02. The Morgan fingerprint density at radius 3 is 2.93 bits per heavy atom. The minimum absolute atomic E-state index is 1.04. The highest BCUT2D eigenvalue weighted by molar-refractivity contribution is 5.39. The molecule has 0 radical (unpaired) electrons. The summed E-state index contributed by atoms with van der Waals surface area (Å²) in [5, 5.41) is 3.14. The molecular formula is C11H19N3. The molecule has 0 aliphatic heterocycles. The van der Waals surface area contributed by atoms with Gasteiger partial charge < -0.3 is 10.2 Å². The molecular weight excluding hydrogens is 174 g/mol. The van der Waals surface area contributed by atoms with Crippen LogP contribution in [0.2, 0.25) is 0 Å². The van der Waals surface area contributed by atoms with E-state index in [1.807, 2.05) is 19.3 Å². The molecule has 78 valence electrons. The highest BCUT2D eigenvalue weighted by Gasteiger charge is 2.00. The number of rotatable bonds is 5. The molecule has 0 fully saturated rings. The lowest BCUT2D eigenvalue weighted by Crippen LogP contribution is -2.23. The third-order valence-corrected chi connectivity index (χ3v) is 2.21. The highest BCUT2D eigenvalue weighted by atomic mass is 15.2. The van der Waals surface area contributed by atoms with E-state index in [2.05, 4.69) is 35.2 Å². The molecule has 0 aliphatic rings. The highest BCUT2D eigenvalue weighted by Crippen LogP contribution is 2.09. The lowest BCUT2D eigenvalue weighted by molar-refractivity contribution is 0.709. The number of aryl methyl sites for hydroxylation is 1. The maximum Gasteiger partial charge on any atom is 0.128 e. The Balaban J connectivity index is 2.47. The van der Waals surface area contributed by atoms with Gasteiger partial charge in [0.15, 0.2) is 0 Å². The van der Waals surface area contributed by atoms with Gasteiger partial charge in [0.25, 0.3) is 0 Å². The predicted octanol–water partition coefficient (Wildman–Crippen LogP) is 1.44. The van der Waals surface area contributed by atoms with E-state index in [9.17, 15) is 0 Å². The molecule has 0 atom stereocenters. The molecule has 1 rings (SSSR count). The van der Waals surface area contributed by atoms with Crippen molar-refractivity contribution >= 4 is 5.82 Å². The maximum atomic E-state index is 4.32. The van der Waals surface area contributed by atoms with Crippen LogP contribution in [-0.4, -0.2) is 32.2 Å². The normalized spacial score (nSPS) is 10.2. The Morgan fingerprint density at radius 2 is 2.29 bits per heavy atom. The van der Waals surface area contributed by atoms with Crippen LogP contribution in [0.25, 0.3) is 0 Å². The second-order valence-electron chi connectivity index (χ2n) is 3.57. The van der Waals surface area contributed by atoms with Crippen LogP contribution < -0.4 is 10.2 Å². The third-order valence-electron chi connectivity index (χ3n) is 2.21. The van der Waals surface area contributed by atoms with Gasteiger partial charge in [-0.1, -0.05) is 0 Å². The average molecular weight is 193 g/mol. The molecule has 3 nitrogen and oxygen atoms in total. The Labute approximate surface area is 86.2 Å². The van der Waals surface area contributed by atoms with Crippen molar-refractivity contribution in [3.8, 4) is 0 Å². The van der Waals surface area contributed by atoms with Crippen molar-refractivity contribution < 1.29 is 0 Å². The van der Waals surface area contributed by atoms with Gasteiger partial charge in [0, 0.05) is 19.8 Å². The van der Waals surface area contributed by atoms with Gasteiger partial charge in [-0.3, -0.25) is 0 Å². The largest absolute Gasteiger partial charge is 0.360 e. The lowest BCUT2D eigenvalue weighted by Gasteiger charge is -2.18. The SMILES string of the molecule is CNCCCN(C)c1cc(C)ccn1. The summed E-state index contributed by atoms with van der Waals surface area (Å²) < 4.78 is 0. The molecule has 0 saturated carbocycles. The van der Waals surface area contributed by atoms with E-state index in [4.69, 9.17) is 0 Å². The second-order valence-corrected chi connectivity index (χ2v) is 3.57. The molecule has 1 aromatic rings. The van der Waals surface area contributed by atoms with Gasteiger partial charge >= 0.3 is 0 Å². The number of nitrogens with zero attached hydrogens (tertiary/aromatic N) is 2. The van der Waals surface area contributed by atoms with Crippen LogP contribution >= 0.6 is 0 Å². The van der Waals surface area contributed by atoms with Crippen LogP contribution in [0.4, 0.5) is 5.82 Å². The summed E-state index contributed by atoms with van der Waals surface area (Å²) in [4.78, 5) is 6.51. The summed E-state index contributed by atoms with van der Waals surface area (Å²) in [6.45, 7) is 4.18. The number of hydrogen-bond donors (Lipinski definition) is 1.